The highest BCUT2D eigenvalue weighted by Crippen LogP contribution is 2.20. The average Bonchev–Trinajstić information content (AvgIpc) is 2.46. The Balaban J connectivity index is 2.11. The van der Waals surface area contributed by atoms with Gasteiger partial charge in [0.2, 0.25) is 0 Å². The third-order valence-corrected chi connectivity index (χ3v) is 3.64. The van der Waals surface area contributed by atoms with Gasteiger partial charge in [-0.2, -0.15) is 0 Å². The van der Waals surface area contributed by atoms with E-state index >= 15 is 0 Å². The monoisotopic (exact) mass is 305 g/mol. The molecule has 2 aromatic rings. The van der Waals surface area contributed by atoms with Crippen molar-refractivity contribution in [2.24, 2.45) is 0 Å². The predicted octanol–water partition coefficient (Wildman–Crippen LogP) is 0.0626. The molecule has 1 amide bonds. The van der Waals surface area contributed by atoms with Crippen molar-refractivity contribution < 1.29 is 20.7 Å². The molecule has 0 aliphatic rings. The molecule has 1 heterocycles. The van der Waals surface area contributed by atoms with Crippen LogP contribution in [0, 0.1) is 6.92 Å². The van der Waals surface area contributed by atoms with Crippen LogP contribution in [0.15, 0.2) is 33.5 Å². The number of unbranched alkanes of at least 4 members (excludes halogenated alkanes) is 1. The maximum Gasteiger partial charge on any atom is 0.336 e. The molecule has 0 saturated carbocycles. The minimum atomic E-state index is -0.392. The molecular weight excluding hydrogens is 282 g/mol. The zero-order valence-corrected chi connectivity index (χ0v) is 12.9. The second-order valence-electron chi connectivity index (χ2n) is 5.49. The summed E-state index contributed by atoms with van der Waals surface area (Å²) in [7, 11) is 0. The number of carbonyl (C=O) groups is 1. The number of rotatable bonds is 6. The molecule has 0 radical (unpaired) electrons. The summed E-state index contributed by atoms with van der Waals surface area (Å²) in [5, 5.41) is 3.68. The SMILES string of the molecule is Cc1cc(=O)oc2cc(NC(=O)[C@@H]([NH3+])CCCC[NH3+])ccc12. The molecule has 6 nitrogen and oxygen atoms in total. The Hall–Kier alpha value is -2.18. The van der Waals surface area contributed by atoms with Gasteiger partial charge in [-0.15, -0.1) is 0 Å². The molecule has 1 atom stereocenters. The van der Waals surface area contributed by atoms with Crippen molar-refractivity contribution in [3.63, 3.8) is 0 Å². The maximum atomic E-state index is 12.1. The van der Waals surface area contributed by atoms with E-state index in [-0.39, 0.29) is 11.9 Å². The van der Waals surface area contributed by atoms with E-state index < -0.39 is 5.63 Å². The molecule has 7 N–H and O–H groups in total. The highest BCUT2D eigenvalue weighted by molar-refractivity contribution is 5.95. The summed E-state index contributed by atoms with van der Waals surface area (Å²) in [4.78, 5) is 23.5. The lowest BCUT2D eigenvalue weighted by Gasteiger charge is -2.10. The Labute approximate surface area is 128 Å². The van der Waals surface area contributed by atoms with Crippen molar-refractivity contribution in [1.29, 1.82) is 0 Å². The van der Waals surface area contributed by atoms with Crippen molar-refractivity contribution in [2.75, 3.05) is 11.9 Å². The van der Waals surface area contributed by atoms with Crippen LogP contribution in [0.5, 0.6) is 0 Å². The summed E-state index contributed by atoms with van der Waals surface area (Å²) in [6, 6.07) is 6.46. The van der Waals surface area contributed by atoms with Crippen LogP contribution in [0.4, 0.5) is 5.69 Å². The number of amides is 1. The van der Waals surface area contributed by atoms with Crippen molar-refractivity contribution in [2.45, 2.75) is 32.2 Å². The van der Waals surface area contributed by atoms with Crippen molar-refractivity contribution in [3.8, 4) is 0 Å². The van der Waals surface area contributed by atoms with Crippen molar-refractivity contribution >= 4 is 22.6 Å². The Morgan fingerprint density at radius 2 is 2.09 bits per heavy atom. The molecule has 0 spiro atoms. The zero-order chi connectivity index (χ0) is 16.1. The van der Waals surface area contributed by atoms with Crippen LogP contribution in [-0.4, -0.2) is 18.5 Å². The normalized spacial score (nSPS) is 12.3. The Morgan fingerprint density at radius 1 is 1.32 bits per heavy atom. The van der Waals surface area contributed by atoms with Gasteiger partial charge in [0, 0.05) is 29.6 Å². The highest BCUT2D eigenvalue weighted by Gasteiger charge is 2.17. The lowest BCUT2D eigenvalue weighted by molar-refractivity contribution is -0.405. The minimum absolute atomic E-state index is 0.126. The number of aryl methyl sites for hydroxylation is 1. The second-order valence-corrected chi connectivity index (χ2v) is 5.49. The second kappa shape index (κ2) is 7.20. The summed E-state index contributed by atoms with van der Waals surface area (Å²) in [6.45, 7) is 2.73. The topological polar surface area (TPSA) is 115 Å². The Bertz CT molecular complexity index is 724. The standard InChI is InChI=1S/C16H21N3O3/c1-10-8-15(20)22-14-9-11(5-6-12(10)14)19-16(21)13(18)4-2-3-7-17/h5-6,8-9,13H,2-4,7,17-18H2,1H3,(H,19,21)/p+2/t13-/m0/s1. The molecule has 0 aliphatic heterocycles. The molecule has 0 fully saturated rings. The lowest BCUT2D eigenvalue weighted by atomic mass is 10.1. The van der Waals surface area contributed by atoms with E-state index in [1.54, 1.807) is 12.1 Å². The minimum Gasteiger partial charge on any atom is -0.423 e. The van der Waals surface area contributed by atoms with E-state index in [1.807, 2.05) is 13.0 Å². The molecule has 0 aliphatic carbocycles. The predicted molar refractivity (Wildman–Crippen MR) is 84.1 cm³/mol. The van der Waals surface area contributed by atoms with E-state index in [9.17, 15) is 9.59 Å². The van der Waals surface area contributed by atoms with Crippen LogP contribution in [0.1, 0.15) is 24.8 Å². The van der Waals surface area contributed by atoms with Gasteiger partial charge in [0.05, 0.1) is 6.54 Å². The number of carbonyl (C=O) groups excluding carboxylic acids is 1. The van der Waals surface area contributed by atoms with Gasteiger partial charge in [0.1, 0.15) is 5.58 Å². The third kappa shape index (κ3) is 3.93. The fourth-order valence-corrected chi connectivity index (χ4v) is 2.35. The fourth-order valence-electron chi connectivity index (χ4n) is 2.35. The van der Waals surface area contributed by atoms with Gasteiger partial charge in [-0.1, -0.05) is 0 Å². The van der Waals surface area contributed by atoms with Crippen molar-refractivity contribution in [3.05, 3.63) is 40.2 Å². The number of nitrogens with one attached hydrogen (secondary N) is 1. The molecule has 1 aromatic carbocycles. The number of fused-ring (bicyclic) bond motifs is 1. The third-order valence-electron chi connectivity index (χ3n) is 3.64. The van der Waals surface area contributed by atoms with Crippen LogP contribution in [0.2, 0.25) is 0 Å². The molecular formula is C16H23N3O3+2. The summed E-state index contributed by atoms with van der Waals surface area (Å²) < 4.78 is 5.18. The molecule has 6 heteroatoms. The van der Waals surface area contributed by atoms with Gasteiger partial charge in [0.15, 0.2) is 6.04 Å². The van der Waals surface area contributed by atoms with Gasteiger partial charge in [-0.25, -0.2) is 4.79 Å². The molecule has 1 aromatic heterocycles. The van der Waals surface area contributed by atoms with Crippen molar-refractivity contribution in [1.82, 2.24) is 0 Å². The first kappa shape index (κ1) is 16.2. The number of benzene rings is 1. The molecule has 0 bridgehead atoms. The van der Waals surface area contributed by atoms with E-state index in [0.29, 0.717) is 11.3 Å². The molecule has 2 rings (SSSR count). The first-order chi connectivity index (χ1) is 10.5. The quantitative estimate of drug-likeness (QED) is 0.518. The van der Waals surface area contributed by atoms with Gasteiger partial charge < -0.3 is 21.2 Å². The summed E-state index contributed by atoms with van der Waals surface area (Å²) in [5.41, 5.74) is 9.22. The van der Waals surface area contributed by atoms with Gasteiger partial charge >= 0.3 is 5.63 Å². The molecule has 0 saturated heterocycles. The molecule has 0 unspecified atom stereocenters. The van der Waals surface area contributed by atoms with E-state index in [0.717, 1.165) is 36.8 Å². The lowest BCUT2D eigenvalue weighted by Crippen LogP contribution is -2.66. The maximum absolute atomic E-state index is 12.1. The van der Waals surface area contributed by atoms with Crippen LogP contribution in [-0.2, 0) is 4.79 Å². The smallest absolute Gasteiger partial charge is 0.336 e. The Morgan fingerprint density at radius 3 is 2.82 bits per heavy atom. The average molecular weight is 305 g/mol. The number of quaternary nitrogens is 2. The molecule has 118 valence electrons. The largest absolute Gasteiger partial charge is 0.423 e. The first-order valence-electron chi connectivity index (χ1n) is 7.49. The number of anilines is 1. The van der Waals surface area contributed by atoms with Crippen LogP contribution < -0.4 is 22.4 Å². The van der Waals surface area contributed by atoms with E-state index in [4.69, 9.17) is 4.42 Å². The zero-order valence-electron chi connectivity index (χ0n) is 12.9. The van der Waals surface area contributed by atoms with Crippen LogP contribution in [0.3, 0.4) is 0 Å². The van der Waals surface area contributed by atoms with Gasteiger partial charge in [-0.3, -0.25) is 4.79 Å². The first-order valence-corrected chi connectivity index (χ1v) is 7.49. The summed E-state index contributed by atoms with van der Waals surface area (Å²) in [5.74, 6) is -0.126. The fraction of sp³-hybridized carbons (Fsp3) is 0.375. The van der Waals surface area contributed by atoms with Crippen LogP contribution in [0.25, 0.3) is 11.0 Å². The Kier molecular flexibility index (Phi) is 5.30. The summed E-state index contributed by atoms with van der Waals surface area (Å²) >= 11 is 0. The number of hydrogen-bond donors (Lipinski definition) is 3. The van der Waals surface area contributed by atoms with Crippen LogP contribution >= 0.6 is 0 Å². The van der Waals surface area contributed by atoms with E-state index in [1.165, 1.54) is 6.07 Å². The molecule has 22 heavy (non-hydrogen) atoms. The number of hydrogen-bond acceptors (Lipinski definition) is 3. The highest BCUT2D eigenvalue weighted by atomic mass is 16.4. The summed E-state index contributed by atoms with van der Waals surface area (Å²) in [6.07, 6.45) is 2.68. The van der Waals surface area contributed by atoms with Gasteiger partial charge in [-0.05, 0) is 37.5 Å². The van der Waals surface area contributed by atoms with Gasteiger partial charge in [0.25, 0.3) is 5.91 Å². The van der Waals surface area contributed by atoms with E-state index in [2.05, 4.69) is 16.8 Å².